The molecule has 1 N–H and O–H groups in total. The fourth-order valence-corrected chi connectivity index (χ4v) is 3.86. The fourth-order valence-electron chi connectivity index (χ4n) is 3.86. The Bertz CT molecular complexity index is 661. The minimum Gasteiger partial charge on any atom is -0.379 e. The molecule has 1 fully saturated rings. The second-order valence-corrected chi connectivity index (χ2v) is 6.52. The van der Waals surface area contributed by atoms with Crippen molar-refractivity contribution in [2.45, 2.75) is 31.4 Å². The van der Waals surface area contributed by atoms with Crippen LogP contribution in [0.1, 0.15) is 25.8 Å². The molecule has 0 aromatic heterocycles. The molecule has 2 atom stereocenters. The molecule has 1 heterocycles. The first kappa shape index (κ1) is 17.1. The lowest BCUT2D eigenvalue weighted by Crippen LogP contribution is -2.65. The first-order chi connectivity index (χ1) is 11.5. The molecule has 0 bridgehead atoms. The van der Waals surface area contributed by atoms with Gasteiger partial charge in [0, 0.05) is 25.1 Å². The highest BCUT2D eigenvalue weighted by molar-refractivity contribution is 5.98. The Labute approximate surface area is 143 Å². The Morgan fingerprint density at radius 3 is 2.54 bits per heavy atom. The first-order valence-electron chi connectivity index (χ1n) is 8.58. The normalized spacial score (nSPS) is 30.9. The average Bonchev–Trinajstić information content (AvgIpc) is 2.64. The van der Waals surface area contributed by atoms with E-state index in [1.807, 2.05) is 56.3 Å². The summed E-state index contributed by atoms with van der Waals surface area (Å²) in [7, 11) is 0. The number of carbonyl (C=O) groups is 1. The molecule has 1 aromatic rings. The number of carbonyl (C=O) groups excluding carboxylic acids is 1. The smallest absolute Gasteiger partial charge is 0.160 e. The molecule has 1 aromatic carbocycles. The molecule has 0 spiro atoms. The van der Waals surface area contributed by atoms with Gasteiger partial charge in [-0.1, -0.05) is 49.4 Å². The van der Waals surface area contributed by atoms with Crippen molar-refractivity contribution in [2.75, 3.05) is 26.3 Å². The number of hydrogen-bond donors (Lipinski definition) is 1. The maximum Gasteiger partial charge on any atom is 0.160 e. The van der Waals surface area contributed by atoms with Gasteiger partial charge in [-0.2, -0.15) is 0 Å². The van der Waals surface area contributed by atoms with E-state index < -0.39 is 11.1 Å². The van der Waals surface area contributed by atoms with E-state index in [0.717, 1.165) is 5.56 Å². The van der Waals surface area contributed by atoms with Crippen molar-refractivity contribution in [3.8, 4) is 0 Å². The molecule has 0 amide bonds. The van der Waals surface area contributed by atoms with Crippen LogP contribution in [0.4, 0.5) is 0 Å². The highest BCUT2D eigenvalue weighted by Gasteiger charge is 2.55. The number of Topliss-reactive ketones (excluding diaryl/α,β-unsaturated/α-hetero) is 1. The molecule has 0 radical (unpaired) electrons. The van der Waals surface area contributed by atoms with Crippen LogP contribution in [0.15, 0.2) is 54.1 Å². The topological polar surface area (TPSA) is 49.8 Å². The molecule has 24 heavy (non-hydrogen) atoms. The Kier molecular flexibility index (Phi) is 4.72. The van der Waals surface area contributed by atoms with E-state index in [1.165, 1.54) is 0 Å². The number of benzene rings is 1. The number of allylic oxidation sites excluding steroid dienone is 2. The van der Waals surface area contributed by atoms with E-state index in [9.17, 15) is 9.90 Å². The van der Waals surface area contributed by atoms with Crippen molar-refractivity contribution in [1.82, 2.24) is 4.90 Å². The lowest BCUT2D eigenvalue weighted by Gasteiger charge is -2.53. The molecule has 4 heteroatoms. The highest BCUT2D eigenvalue weighted by atomic mass is 16.5. The number of ketones is 1. The second kappa shape index (κ2) is 6.63. The number of rotatable bonds is 4. The predicted octanol–water partition coefficient (Wildman–Crippen LogP) is 2.44. The van der Waals surface area contributed by atoms with Crippen LogP contribution in [0.25, 0.3) is 0 Å². The van der Waals surface area contributed by atoms with Crippen molar-refractivity contribution >= 4 is 5.78 Å². The van der Waals surface area contributed by atoms with Crippen LogP contribution in [-0.2, 0) is 15.1 Å². The summed E-state index contributed by atoms with van der Waals surface area (Å²) in [6, 6.07) is 9.60. The summed E-state index contributed by atoms with van der Waals surface area (Å²) in [4.78, 5) is 14.9. The van der Waals surface area contributed by atoms with Crippen LogP contribution in [0.2, 0.25) is 0 Å². The molecule has 2 aliphatic rings. The van der Waals surface area contributed by atoms with Crippen molar-refractivity contribution in [2.24, 2.45) is 0 Å². The Morgan fingerprint density at radius 1 is 1.25 bits per heavy atom. The van der Waals surface area contributed by atoms with Gasteiger partial charge < -0.3 is 9.84 Å². The third-order valence-corrected chi connectivity index (χ3v) is 5.35. The highest BCUT2D eigenvalue weighted by Crippen LogP contribution is 2.46. The van der Waals surface area contributed by atoms with Crippen LogP contribution in [-0.4, -0.2) is 47.6 Å². The number of aliphatic hydroxyl groups is 1. The van der Waals surface area contributed by atoms with E-state index in [1.54, 1.807) is 6.08 Å². The minimum atomic E-state index is -1.26. The maximum absolute atomic E-state index is 12.7. The summed E-state index contributed by atoms with van der Waals surface area (Å²) in [6.45, 7) is 6.44. The molecule has 4 nitrogen and oxygen atoms in total. The van der Waals surface area contributed by atoms with Gasteiger partial charge in [0.25, 0.3) is 0 Å². The zero-order valence-corrected chi connectivity index (χ0v) is 14.4. The van der Waals surface area contributed by atoms with Crippen LogP contribution >= 0.6 is 0 Å². The first-order valence-corrected chi connectivity index (χ1v) is 8.58. The van der Waals surface area contributed by atoms with E-state index in [0.29, 0.717) is 38.3 Å². The van der Waals surface area contributed by atoms with Gasteiger partial charge in [-0.05, 0) is 18.6 Å². The Hall–Kier alpha value is -1.75. The van der Waals surface area contributed by atoms with E-state index >= 15 is 0 Å². The predicted molar refractivity (Wildman–Crippen MR) is 93.7 cm³/mol. The van der Waals surface area contributed by atoms with Crippen molar-refractivity contribution < 1.29 is 14.6 Å². The van der Waals surface area contributed by atoms with E-state index in [-0.39, 0.29) is 5.78 Å². The summed E-state index contributed by atoms with van der Waals surface area (Å²) in [5.41, 5.74) is -0.619. The molecule has 0 saturated carbocycles. The lowest BCUT2D eigenvalue weighted by atomic mass is 9.66. The Balaban J connectivity index is 2.15. The molecule has 1 aliphatic heterocycles. The number of nitrogens with zero attached hydrogens (tertiary/aromatic N) is 1. The van der Waals surface area contributed by atoms with Crippen molar-refractivity contribution in [1.29, 1.82) is 0 Å². The molecule has 128 valence electrons. The molecular weight excluding hydrogens is 302 g/mol. The third kappa shape index (κ3) is 2.55. The summed E-state index contributed by atoms with van der Waals surface area (Å²) in [5.74, 6) is 0.0719. The molecule has 1 saturated heterocycles. The number of hydrogen-bond acceptors (Lipinski definition) is 4. The van der Waals surface area contributed by atoms with Crippen LogP contribution in [0.3, 0.4) is 0 Å². The summed E-state index contributed by atoms with van der Waals surface area (Å²) in [5, 5.41) is 11.8. The van der Waals surface area contributed by atoms with Gasteiger partial charge in [-0.25, -0.2) is 0 Å². The standard InChI is InChI=1S/C20H25NO3/c1-3-18(22)17-10-7-11-20(23,16-8-5-4-6-9-16)19(17,2)21-12-14-24-15-13-21/h4-11,23H,3,12-15H2,1-2H3. The van der Waals surface area contributed by atoms with E-state index in [2.05, 4.69) is 4.90 Å². The van der Waals surface area contributed by atoms with E-state index in [4.69, 9.17) is 4.74 Å². The second-order valence-electron chi connectivity index (χ2n) is 6.52. The van der Waals surface area contributed by atoms with Gasteiger partial charge in [-0.15, -0.1) is 0 Å². The third-order valence-electron chi connectivity index (χ3n) is 5.35. The zero-order chi connectivity index (χ0) is 17.2. The van der Waals surface area contributed by atoms with Crippen LogP contribution in [0.5, 0.6) is 0 Å². The van der Waals surface area contributed by atoms with Crippen LogP contribution in [0, 0.1) is 0 Å². The Morgan fingerprint density at radius 2 is 1.92 bits per heavy atom. The molecular formula is C20H25NO3. The monoisotopic (exact) mass is 327 g/mol. The van der Waals surface area contributed by atoms with Gasteiger partial charge in [0.2, 0.25) is 0 Å². The summed E-state index contributed by atoms with van der Waals surface area (Å²) < 4.78 is 5.49. The van der Waals surface area contributed by atoms with Gasteiger partial charge in [-0.3, -0.25) is 9.69 Å². The minimum absolute atomic E-state index is 0.0719. The number of morpholine rings is 1. The fraction of sp³-hybridized carbons (Fsp3) is 0.450. The summed E-state index contributed by atoms with van der Waals surface area (Å²) in [6.07, 6.45) is 5.89. The quantitative estimate of drug-likeness (QED) is 0.923. The van der Waals surface area contributed by atoms with Crippen LogP contribution < -0.4 is 0 Å². The number of ether oxygens (including phenoxy) is 1. The molecule has 3 rings (SSSR count). The van der Waals surface area contributed by atoms with Gasteiger partial charge in [0.15, 0.2) is 5.78 Å². The largest absolute Gasteiger partial charge is 0.379 e. The van der Waals surface area contributed by atoms with Crippen molar-refractivity contribution in [3.63, 3.8) is 0 Å². The SMILES string of the molecule is CCC(=O)C1=CC=CC(O)(c2ccccc2)C1(C)N1CCOCC1. The van der Waals surface area contributed by atoms with Gasteiger partial charge >= 0.3 is 0 Å². The lowest BCUT2D eigenvalue weighted by molar-refractivity contribution is -0.124. The average molecular weight is 327 g/mol. The summed E-state index contributed by atoms with van der Waals surface area (Å²) >= 11 is 0. The van der Waals surface area contributed by atoms with Crippen molar-refractivity contribution in [3.05, 3.63) is 59.7 Å². The maximum atomic E-state index is 12.7. The van der Waals surface area contributed by atoms with Gasteiger partial charge in [0.05, 0.1) is 18.8 Å². The van der Waals surface area contributed by atoms with Gasteiger partial charge in [0.1, 0.15) is 5.60 Å². The molecule has 1 aliphatic carbocycles. The zero-order valence-electron chi connectivity index (χ0n) is 14.4. The molecule has 2 unspecified atom stereocenters.